The van der Waals surface area contributed by atoms with Crippen LogP contribution in [0.1, 0.15) is 97.8 Å². The molecule has 0 amide bonds. The molecule has 0 aromatic carbocycles. The molecule has 0 aromatic rings. The molecule has 0 aliphatic rings. The van der Waals surface area contributed by atoms with Gasteiger partial charge in [0.15, 0.2) is 0 Å². The Bertz CT molecular complexity index is 308. The fraction of sp³-hybridized carbons (Fsp3) is 0.667. The first-order valence-corrected chi connectivity index (χ1v) is 10.2. The molecule has 24 heavy (non-hydrogen) atoms. The summed E-state index contributed by atoms with van der Waals surface area (Å²) in [7, 11) is 0. The van der Waals surface area contributed by atoms with Crippen molar-refractivity contribution < 1.29 is 0 Å². The van der Waals surface area contributed by atoms with Gasteiger partial charge in [-0.1, -0.05) is 69.9 Å². The lowest BCUT2D eigenvalue weighted by atomic mass is 9.94. The summed E-state index contributed by atoms with van der Waals surface area (Å²) in [4.78, 5) is 0. The van der Waals surface area contributed by atoms with Crippen molar-refractivity contribution >= 4 is 0 Å². The zero-order chi connectivity index (χ0) is 18.5. The van der Waals surface area contributed by atoms with Gasteiger partial charge in [0.2, 0.25) is 0 Å². The van der Waals surface area contributed by atoms with E-state index in [2.05, 4.69) is 46.6 Å². The third-order valence-electron chi connectivity index (χ3n) is 4.09. The second-order valence-corrected chi connectivity index (χ2v) is 6.78. The average molecular weight is 333 g/mol. The van der Waals surface area contributed by atoms with Gasteiger partial charge >= 0.3 is 0 Å². The lowest BCUT2D eigenvalue weighted by molar-refractivity contribution is 0.564. The molecule has 0 aromatic heterocycles. The summed E-state index contributed by atoms with van der Waals surface area (Å²) < 4.78 is 0. The van der Waals surface area contributed by atoms with E-state index in [-0.39, 0.29) is 0 Å². The van der Waals surface area contributed by atoms with Crippen LogP contribution in [0.25, 0.3) is 0 Å². The first-order chi connectivity index (χ1) is 11.7. The van der Waals surface area contributed by atoms with Crippen molar-refractivity contribution in [2.45, 2.75) is 97.8 Å². The molecule has 0 aliphatic heterocycles. The smallest absolute Gasteiger partial charge is 0.0291 e. The van der Waals surface area contributed by atoms with Crippen molar-refractivity contribution in [2.24, 2.45) is 5.92 Å². The molecule has 0 N–H and O–H groups in total. The molecule has 0 rings (SSSR count). The molecule has 0 bridgehead atoms. The van der Waals surface area contributed by atoms with E-state index in [9.17, 15) is 0 Å². The van der Waals surface area contributed by atoms with Crippen LogP contribution in [0.15, 0.2) is 49.6 Å². The van der Waals surface area contributed by atoms with E-state index in [1.807, 2.05) is 18.2 Å². The second kappa shape index (κ2) is 22.0. The predicted molar refractivity (Wildman–Crippen MR) is 115 cm³/mol. The van der Waals surface area contributed by atoms with Crippen LogP contribution in [0.2, 0.25) is 0 Å². The van der Waals surface area contributed by atoms with Crippen molar-refractivity contribution in [3.63, 3.8) is 0 Å². The molecule has 140 valence electrons. The predicted octanol–water partition coefficient (Wildman–Crippen LogP) is 8.81. The summed E-state index contributed by atoms with van der Waals surface area (Å²) in [6.45, 7) is 18.0. The quantitative estimate of drug-likeness (QED) is 0.207. The number of unbranched alkanes of at least 4 members (excludes halogenated alkanes) is 6. The summed E-state index contributed by atoms with van der Waals surface area (Å²) in [5.41, 5.74) is 1.64. The number of hydrogen-bond donors (Lipinski definition) is 0. The Morgan fingerprint density at radius 1 is 0.833 bits per heavy atom. The number of hydrogen-bond acceptors (Lipinski definition) is 0. The van der Waals surface area contributed by atoms with Gasteiger partial charge in [-0.3, -0.25) is 0 Å². The molecule has 0 aliphatic carbocycles. The Labute approximate surface area is 153 Å². The highest BCUT2D eigenvalue weighted by atomic mass is 14.1. The zero-order valence-corrected chi connectivity index (χ0v) is 17.0. The normalized spacial score (nSPS) is 12.0. The van der Waals surface area contributed by atoms with Crippen LogP contribution in [-0.4, -0.2) is 0 Å². The maximum atomic E-state index is 3.81. The fourth-order valence-electron chi connectivity index (χ4n) is 2.75. The maximum Gasteiger partial charge on any atom is -0.0291 e. The first kappa shape index (κ1) is 25.2. The molecule has 0 heteroatoms. The second-order valence-electron chi connectivity index (χ2n) is 6.78. The van der Waals surface area contributed by atoms with Crippen molar-refractivity contribution in [1.29, 1.82) is 0 Å². The largest absolute Gasteiger partial charge is 0.103 e. The zero-order valence-electron chi connectivity index (χ0n) is 17.0. The molecule has 0 radical (unpaired) electrons. The summed E-state index contributed by atoms with van der Waals surface area (Å²) >= 11 is 0. The first-order valence-electron chi connectivity index (χ1n) is 10.2. The van der Waals surface area contributed by atoms with Crippen LogP contribution in [0.5, 0.6) is 0 Å². The van der Waals surface area contributed by atoms with Gasteiger partial charge < -0.3 is 0 Å². The van der Waals surface area contributed by atoms with Crippen molar-refractivity contribution in [2.75, 3.05) is 0 Å². The van der Waals surface area contributed by atoms with E-state index in [0.29, 0.717) is 0 Å². The van der Waals surface area contributed by atoms with Gasteiger partial charge in [0, 0.05) is 0 Å². The van der Waals surface area contributed by atoms with Gasteiger partial charge in [-0.25, -0.2) is 0 Å². The Kier molecular flexibility index (Phi) is 23.1. The number of allylic oxidation sites excluding steroid dienone is 5. The van der Waals surface area contributed by atoms with Gasteiger partial charge in [-0.2, -0.15) is 0 Å². The third-order valence-corrected chi connectivity index (χ3v) is 4.09. The van der Waals surface area contributed by atoms with Crippen molar-refractivity contribution in [3.8, 4) is 0 Å². The fourth-order valence-corrected chi connectivity index (χ4v) is 2.75. The van der Waals surface area contributed by atoms with Crippen molar-refractivity contribution in [3.05, 3.63) is 49.6 Å². The van der Waals surface area contributed by atoms with Gasteiger partial charge in [0.1, 0.15) is 0 Å². The van der Waals surface area contributed by atoms with E-state index < -0.39 is 0 Å². The molecule has 0 heterocycles. The highest BCUT2D eigenvalue weighted by Crippen LogP contribution is 2.21. The van der Waals surface area contributed by atoms with Crippen LogP contribution in [0.3, 0.4) is 0 Å². The minimum Gasteiger partial charge on any atom is -0.103 e. The van der Waals surface area contributed by atoms with E-state index in [4.69, 9.17) is 0 Å². The van der Waals surface area contributed by atoms with Gasteiger partial charge in [0.25, 0.3) is 0 Å². The van der Waals surface area contributed by atoms with Gasteiger partial charge in [-0.05, 0) is 63.7 Å². The van der Waals surface area contributed by atoms with Crippen LogP contribution in [-0.2, 0) is 0 Å². The Balaban J connectivity index is 0. The molecule has 0 fully saturated rings. The minimum atomic E-state index is 0.745. The standard InChI is InChI=1S/C16H28.C8H16/c1-5-8-9-10-13-16(12-7-3)14-15(4)11-6-2;1-3-5-7-8-6-4-2/h5-6,12,15H,1-2,7-11,13-14H2,3-4H3;3H,1,4-8H2,2H3. The Hall–Kier alpha value is -1.04. The lowest BCUT2D eigenvalue weighted by Crippen LogP contribution is -1.96. The molecule has 1 unspecified atom stereocenters. The summed E-state index contributed by atoms with van der Waals surface area (Å²) in [5.74, 6) is 0.745. The highest BCUT2D eigenvalue weighted by Gasteiger charge is 2.04. The van der Waals surface area contributed by atoms with Gasteiger partial charge in [-0.15, -0.1) is 19.7 Å². The molecular weight excluding hydrogens is 288 g/mol. The van der Waals surface area contributed by atoms with E-state index >= 15 is 0 Å². The summed E-state index contributed by atoms with van der Waals surface area (Å²) in [6.07, 6.45) is 23.6. The van der Waals surface area contributed by atoms with Crippen LogP contribution < -0.4 is 0 Å². The van der Waals surface area contributed by atoms with Crippen LogP contribution >= 0.6 is 0 Å². The van der Waals surface area contributed by atoms with Crippen LogP contribution in [0.4, 0.5) is 0 Å². The molecular formula is C24H44. The molecule has 1 atom stereocenters. The SMILES string of the molecule is C=CCCCCC(=CCC)CC(C)CC=C.C=CCCCCCC. The Morgan fingerprint density at radius 3 is 1.96 bits per heavy atom. The average Bonchev–Trinajstić information content (AvgIpc) is 2.56. The highest BCUT2D eigenvalue weighted by molar-refractivity contribution is 5.03. The third kappa shape index (κ3) is 21.0. The summed E-state index contributed by atoms with van der Waals surface area (Å²) in [6, 6.07) is 0. The molecule has 0 saturated carbocycles. The van der Waals surface area contributed by atoms with E-state index in [1.165, 1.54) is 57.8 Å². The topological polar surface area (TPSA) is 0 Å². The molecule has 0 spiro atoms. The maximum absolute atomic E-state index is 3.81. The van der Waals surface area contributed by atoms with Gasteiger partial charge in [0.05, 0.1) is 0 Å². The van der Waals surface area contributed by atoms with Crippen LogP contribution in [0, 0.1) is 5.92 Å². The molecule has 0 nitrogen and oxygen atoms in total. The van der Waals surface area contributed by atoms with E-state index in [1.54, 1.807) is 5.57 Å². The van der Waals surface area contributed by atoms with Crippen molar-refractivity contribution in [1.82, 2.24) is 0 Å². The number of rotatable bonds is 15. The molecule has 0 saturated heterocycles. The minimum absolute atomic E-state index is 0.745. The lowest BCUT2D eigenvalue weighted by Gasteiger charge is -2.12. The monoisotopic (exact) mass is 332 g/mol. The summed E-state index contributed by atoms with van der Waals surface area (Å²) in [5, 5.41) is 0. The Morgan fingerprint density at radius 2 is 1.46 bits per heavy atom. The van der Waals surface area contributed by atoms with E-state index in [0.717, 1.165) is 25.2 Å².